The average molecular weight is 280 g/mol. The Morgan fingerprint density at radius 1 is 1.45 bits per heavy atom. The van der Waals surface area contributed by atoms with E-state index in [-0.39, 0.29) is 11.9 Å². The summed E-state index contributed by atoms with van der Waals surface area (Å²) in [5.74, 6) is 0.448. The Bertz CT molecular complexity index is 436. The summed E-state index contributed by atoms with van der Waals surface area (Å²) in [6, 6.07) is 5.50. The van der Waals surface area contributed by atoms with E-state index >= 15 is 0 Å². The highest BCUT2D eigenvalue weighted by Gasteiger charge is 2.29. The van der Waals surface area contributed by atoms with Gasteiger partial charge in [-0.25, -0.2) is 4.39 Å². The predicted molar refractivity (Wildman–Crippen MR) is 79.4 cm³/mol. The lowest BCUT2D eigenvalue weighted by atomic mass is 9.94. The number of halogens is 1. The third-order valence-electron chi connectivity index (χ3n) is 4.32. The molecule has 0 radical (unpaired) electrons. The van der Waals surface area contributed by atoms with Crippen molar-refractivity contribution in [2.75, 3.05) is 20.2 Å². The molecule has 2 N–H and O–H groups in total. The van der Waals surface area contributed by atoms with Gasteiger partial charge in [-0.05, 0) is 51.4 Å². The molecule has 2 atom stereocenters. The monoisotopic (exact) mass is 280 g/mol. The quantitative estimate of drug-likeness (QED) is 0.900. The highest BCUT2D eigenvalue weighted by atomic mass is 19.1. The summed E-state index contributed by atoms with van der Waals surface area (Å²) in [7, 11) is 1.60. The molecule has 1 fully saturated rings. The molecule has 3 nitrogen and oxygen atoms in total. The molecule has 2 rings (SSSR count). The number of rotatable bonds is 5. The van der Waals surface area contributed by atoms with E-state index in [0.29, 0.717) is 23.9 Å². The van der Waals surface area contributed by atoms with Crippen LogP contribution in [0.15, 0.2) is 18.2 Å². The van der Waals surface area contributed by atoms with Gasteiger partial charge in [0.1, 0.15) is 11.6 Å². The summed E-state index contributed by atoms with van der Waals surface area (Å²) in [4.78, 5) is 2.39. The van der Waals surface area contributed by atoms with Crippen LogP contribution >= 0.6 is 0 Å². The number of benzene rings is 1. The smallest absolute Gasteiger partial charge is 0.131 e. The van der Waals surface area contributed by atoms with Crippen molar-refractivity contribution < 1.29 is 9.13 Å². The molecule has 0 bridgehead atoms. The third kappa shape index (κ3) is 3.13. The fourth-order valence-electron chi connectivity index (χ4n) is 3.30. The maximum Gasteiger partial charge on any atom is 0.131 e. The maximum absolute atomic E-state index is 14.2. The van der Waals surface area contributed by atoms with Crippen LogP contribution in [0.5, 0.6) is 5.75 Å². The number of hydrogen-bond donors (Lipinski definition) is 1. The number of nitrogens with zero attached hydrogens (tertiary/aromatic N) is 1. The van der Waals surface area contributed by atoms with Gasteiger partial charge in [-0.1, -0.05) is 12.5 Å². The summed E-state index contributed by atoms with van der Waals surface area (Å²) < 4.78 is 19.6. The Hall–Kier alpha value is -1.13. The van der Waals surface area contributed by atoms with Gasteiger partial charge in [-0.2, -0.15) is 0 Å². The van der Waals surface area contributed by atoms with Crippen molar-refractivity contribution in [1.82, 2.24) is 4.90 Å². The standard InChI is InChI=1S/C16H25FN2O/c1-12(16-14(17)7-5-8-15(16)20-2)19-11-4-3-6-13(19)9-10-18/h5,7-8,12-13H,3-4,6,9-11,18H2,1-2H3. The molecule has 1 saturated heterocycles. The van der Waals surface area contributed by atoms with E-state index in [9.17, 15) is 4.39 Å². The zero-order valence-corrected chi connectivity index (χ0v) is 12.4. The SMILES string of the molecule is COc1cccc(F)c1C(C)N1CCCCC1CCN. The molecule has 1 aromatic carbocycles. The van der Waals surface area contributed by atoms with Gasteiger partial charge in [0.15, 0.2) is 0 Å². The summed E-state index contributed by atoms with van der Waals surface area (Å²) in [6.45, 7) is 3.75. The number of nitrogens with two attached hydrogens (primary N) is 1. The van der Waals surface area contributed by atoms with Crippen molar-refractivity contribution in [3.63, 3.8) is 0 Å². The fraction of sp³-hybridized carbons (Fsp3) is 0.625. The molecule has 112 valence electrons. The third-order valence-corrected chi connectivity index (χ3v) is 4.32. The molecular formula is C16H25FN2O. The first-order chi connectivity index (χ1) is 9.69. The second kappa shape index (κ2) is 7.04. The largest absolute Gasteiger partial charge is 0.496 e. The first kappa shape index (κ1) is 15.3. The summed E-state index contributed by atoms with van der Waals surface area (Å²) in [5.41, 5.74) is 6.39. The van der Waals surface area contributed by atoms with Crippen LogP contribution in [0.2, 0.25) is 0 Å². The summed E-state index contributed by atoms with van der Waals surface area (Å²) in [6.07, 6.45) is 4.53. The molecule has 1 aromatic rings. The van der Waals surface area contributed by atoms with Gasteiger partial charge in [0.25, 0.3) is 0 Å². The second-order valence-corrected chi connectivity index (χ2v) is 5.50. The van der Waals surface area contributed by atoms with Crippen LogP contribution in [0, 0.1) is 5.82 Å². The molecule has 0 aromatic heterocycles. The highest BCUT2D eigenvalue weighted by molar-refractivity contribution is 5.37. The molecule has 2 unspecified atom stereocenters. The van der Waals surface area contributed by atoms with Gasteiger partial charge in [0.2, 0.25) is 0 Å². The molecule has 1 heterocycles. The number of ether oxygens (including phenoxy) is 1. The van der Waals surface area contributed by atoms with Gasteiger partial charge in [0.05, 0.1) is 7.11 Å². The minimum Gasteiger partial charge on any atom is -0.496 e. The summed E-state index contributed by atoms with van der Waals surface area (Å²) in [5, 5.41) is 0. The lowest BCUT2D eigenvalue weighted by Crippen LogP contribution is -2.42. The van der Waals surface area contributed by atoms with E-state index in [1.165, 1.54) is 18.9 Å². The molecule has 20 heavy (non-hydrogen) atoms. The molecule has 1 aliphatic heterocycles. The Morgan fingerprint density at radius 2 is 2.25 bits per heavy atom. The van der Waals surface area contributed by atoms with Crippen molar-refractivity contribution in [1.29, 1.82) is 0 Å². The van der Waals surface area contributed by atoms with E-state index in [0.717, 1.165) is 19.4 Å². The Labute approximate surface area is 120 Å². The van der Waals surface area contributed by atoms with E-state index in [4.69, 9.17) is 10.5 Å². The van der Waals surface area contributed by atoms with Gasteiger partial charge in [-0.15, -0.1) is 0 Å². The van der Waals surface area contributed by atoms with E-state index in [2.05, 4.69) is 11.8 Å². The molecule has 0 spiro atoms. The highest BCUT2D eigenvalue weighted by Crippen LogP contribution is 2.35. The number of piperidine rings is 1. The van der Waals surface area contributed by atoms with Crippen LogP contribution < -0.4 is 10.5 Å². The predicted octanol–water partition coefficient (Wildman–Crippen LogP) is 3.10. The van der Waals surface area contributed by atoms with Gasteiger partial charge in [0, 0.05) is 17.6 Å². The minimum absolute atomic E-state index is 0.0167. The Balaban J connectivity index is 2.27. The van der Waals surface area contributed by atoms with Crippen molar-refractivity contribution in [2.45, 2.75) is 44.7 Å². The van der Waals surface area contributed by atoms with Crippen LogP contribution in [0.4, 0.5) is 4.39 Å². The lowest BCUT2D eigenvalue weighted by Gasteiger charge is -2.40. The first-order valence-electron chi connectivity index (χ1n) is 7.47. The van der Waals surface area contributed by atoms with E-state index < -0.39 is 0 Å². The van der Waals surface area contributed by atoms with Crippen LogP contribution in [0.3, 0.4) is 0 Å². The summed E-state index contributed by atoms with van der Waals surface area (Å²) >= 11 is 0. The van der Waals surface area contributed by atoms with Crippen LogP contribution in [-0.2, 0) is 0 Å². The first-order valence-corrected chi connectivity index (χ1v) is 7.47. The van der Waals surface area contributed by atoms with Crippen molar-refractivity contribution in [3.8, 4) is 5.75 Å². The van der Waals surface area contributed by atoms with Crippen molar-refractivity contribution >= 4 is 0 Å². The van der Waals surface area contributed by atoms with Crippen molar-refractivity contribution in [3.05, 3.63) is 29.6 Å². The Morgan fingerprint density at radius 3 is 2.95 bits per heavy atom. The molecule has 0 aliphatic carbocycles. The van der Waals surface area contributed by atoms with Crippen LogP contribution in [-0.4, -0.2) is 31.1 Å². The Kier molecular flexibility index (Phi) is 5.38. The van der Waals surface area contributed by atoms with E-state index in [1.54, 1.807) is 13.2 Å². The minimum atomic E-state index is -0.186. The average Bonchev–Trinajstić information content (AvgIpc) is 2.47. The molecule has 1 aliphatic rings. The lowest BCUT2D eigenvalue weighted by molar-refractivity contribution is 0.0951. The zero-order valence-electron chi connectivity index (χ0n) is 12.4. The van der Waals surface area contributed by atoms with Crippen LogP contribution in [0.1, 0.15) is 44.2 Å². The van der Waals surface area contributed by atoms with Crippen molar-refractivity contribution in [2.24, 2.45) is 5.73 Å². The normalized spacial score (nSPS) is 21.7. The van der Waals surface area contributed by atoms with Gasteiger partial charge >= 0.3 is 0 Å². The van der Waals surface area contributed by atoms with Crippen LogP contribution in [0.25, 0.3) is 0 Å². The fourth-order valence-corrected chi connectivity index (χ4v) is 3.30. The van der Waals surface area contributed by atoms with E-state index in [1.807, 2.05) is 6.07 Å². The molecular weight excluding hydrogens is 255 g/mol. The topological polar surface area (TPSA) is 38.5 Å². The number of hydrogen-bond acceptors (Lipinski definition) is 3. The van der Waals surface area contributed by atoms with Gasteiger partial charge < -0.3 is 10.5 Å². The number of likely N-dealkylation sites (tertiary alicyclic amines) is 1. The zero-order chi connectivity index (χ0) is 14.5. The molecule has 0 saturated carbocycles. The molecule has 0 amide bonds. The number of methoxy groups -OCH3 is 1. The second-order valence-electron chi connectivity index (χ2n) is 5.50. The van der Waals surface area contributed by atoms with Gasteiger partial charge in [-0.3, -0.25) is 4.90 Å². The molecule has 4 heteroatoms. The maximum atomic E-state index is 14.2.